The number of aromatic nitrogens is 4. The molecule has 0 unspecified atom stereocenters. The zero-order chi connectivity index (χ0) is 20.3. The zero-order valence-electron chi connectivity index (χ0n) is 17.1. The Morgan fingerprint density at radius 2 is 2.00 bits per heavy atom. The molecule has 7 nitrogen and oxygen atoms in total. The SMILES string of the molecule is CCOC(=O)c1cnn(-c2ccc(C)cc2C)c1CNCc1cn(C)nc1C. The van der Waals surface area contributed by atoms with E-state index in [1.54, 1.807) is 17.8 Å². The van der Waals surface area contributed by atoms with Crippen LogP contribution in [0, 0.1) is 20.8 Å². The van der Waals surface area contributed by atoms with Crippen LogP contribution in [0.1, 0.15) is 45.4 Å². The maximum atomic E-state index is 12.4. The Labute approximate surface area is 165 Å². The van der Waals surface area contributed by atoms with E-state index in [2.05, 4.69) is 28.5 Å². The number of benzene rings is 1. The fraction of sp³-hybridized carbons (Fsp3) is 0.381. The van der Waals surface area contributed by atoms with E-state index in [0.29, 0.717) is 25.3 Å². The molecule has 7 heteroatoms. The first kappa shape index (κ1) is 19.8. The smallest absolute Gasteiger partial charge is 0.341 e. The van der Waals surface area contributed by atoms with Gasteiger partial charge >= 0.3 is 5.97 Å². The molecule has 28 heavy (non-hydrogen) atoms. The Morgan fingerprint density at radius 1 is 1.21 bits per heavy atom. The molecule has 0 radical (unpaired) electrons. The van der Waals surface area contributed by atoms with Crippen LogP contribution in [0.2, 0.25) is 0 Å². The van der Waals surface area contributed by atoms with E-state index in [4.69, 9.17) is 4.74 Å². The number of rotatable bonds is 7. The summed E-state index contributed by atoms with van der Waals surface area (Å²) in [5.41, 5.74) is 6.62. The molecule has 0 aliphatic heterocycles. The molecule has 0 atom stereocenters. The van der Waals surface area contributed by atoms with Crippen LogP contribution < -0.4 is 5.32 Å². The first-order valence-electron chi connectivity index (χ1n) is 9.42. The van der Waals surface area contributed by atoms with Crippen molar-refractivity contribution in [2.45, 2.75) is 40.8 Å². The van der Waals surface area contributed by atoms with Gasteiger partial charge in [0.2, 0.25) is 0 Å². The number of hydrogen-bond acceptors (Lipinski definition) is 5. The highest BCUT2D eigenvalue weighted by Gasteiger charge is 2.20. The largest absolute Gasteiger partial charge is 0.462 e. The Balaban J connectivity index is 1.90. The van der Waals surface area contributed by atoms with Gasteiger partial charge < -0.3 is 10.1 Å². The molecule has 1 aromatic carbocycles. The third kappa shape index (κ3) is 4.14. The summed E-state index contributed by atoms with van der Waals surface area (Å²) in [5.74, 6) is -0.354. The third-order valence-electron chi connectivity index (χ3n) is 4.67. The van der Waals surface area contributed by atoms with Crippen LogP contribution in [0.25, 0.3) is 5.69 Å². The van der Waals surface area contributed by atoms with Crippen molar-refractivity contribution in [3.8, 4) is 5.69 Å². The lowest BCUT2D eigenvalue weighted by molar-refractivity contribution is 0.0525. The van der Waals surface area contributed by atoms with Crippen molar-refractivity contribution in [1.29, 1.82) is 0 Å². The Morgan fingerprint density at radius 3 is 2.64 bits per heavy atom. The summed E-state index contributed by atoms with van der Waals surface area (Å²) in [6.07, 6.45) is 3.58. The van der Waals surface area contributed by atoms with Crippen LogP contribution in [0.15, 0.2) is 30.6 Å². The summed E-state index contributed by atoms with van der Waals surface area (Å²) >= 11 is 0. The van der Waals surface area contributed by atoms with Crippen molar-refractivity contribution in [3.63, 3.8) is 0 Å². The summed E-state index contributed by atoms with van der Waals surface area (Å²) in [4.78, 5) is 12.4. The van der Waals surface area contributed by atoms with Crippen LogP contribution in [-0.2, 0) is 24.9 Å². The van der Waals surface area contributed by atoms with Crippen molar-refractivity contribution < 1.29 is 9.53 Å². The summed E-state index contributed by atoms with van der Waals surface area (Å²) in [5, 5.41) is 12.3. The number of carbonyl (C=O) groups is 1. The van der Waals surface area contributed by atoms with Crippen LogP contribution >= 0.6 is 0 Å². The lowest BCUT2D eigenvalue weighted by Crippen LogP contribution is -2.19. The van der Waals surface area contributed by atoms with Crippen LogP contribution in [0.5, 0.6) is 0 Å². The van der Waals surface area contributed by atoms with Gasteiger partial charge in [-0.1, -0.05) is 17.7 Å². The number of carbonyl (C=O) groups excluding carboxylic acids is 1. The summed E-state index contributed by atoms with van der Waals surface area (Å²) < 4.78 is 8.85. The molecule has 0 spiro atoms. The second-order valence-electron chi connectivity index (χ2n) is 6.94. The molecule has 148 valence electrons. The molecule has 1 N–H and O–H groups in total. The van der Waals surface area contributed by atoms with E-state index >= 15 is 0 Å². The molecule has 2 heterocycles. The molecule has 0 saturated heterocycles. The summed E-state index contributed by atoms with van der Waals surface area (Å²) in [6.45, 7) is 9.36. The van der Waals surface area contributed by atoms with E-state index < -0.39 is 0 Å². The molecular weight excluding hydrogens is 354 g/mol. The van der Waals surface area contributed by atoms with E-state index in [9.17, 15) is 4.79 Å². The monoisotopic (exact) mass is 381 g/mol. The van der Waals surface area contributed by atoms with Gasteiger partial charge in [0.05, 0.1) is 29.9 Å². The Kier molecular flexibility index (Phi) is 5.94. The molecule has 2 aromatic heterocycles. The van der Waals surface area contributed by atoms with E-state index in [0.717, 1.165) is 28.2 Å². The molecule has 0 aliphatic rings. The van der Waals surface area contributed by atoms with Crippen molar-refractivity contribution in [2.24, 2.45) is 7.05 Å². The highest BCUT2D eigenvalue weighted by Crippen LogP contribution is 2.20. The van der Waals surface area contributed by atoms with Gasteiger partial charge in [-0.05, 0) is 39.3 Å². The van der Waals surface area contributed by atoms with Gasteiger partial charge in [0.1, 0.15) is 5.56 Å². The van der Waals surface area contributed by atoms with E-state index in [1.165, 1.54) is 5.56 Å². The molecule has 0 saturated carbocycles. The minimum absolute atomic E-state index is 0.329. The van der Waals surface area contributed by atoms with Crippen LogP contribution in [-0.4, -0.2) is 32.1 Å². The molecule has 3 rings (SSSR count). The molecule has 0 aliphatic carbocycles. The Bertz CT molecular complexity index is 987. The number of nitrogens with zero attached hydrogens (tertiary/aromatic N) is 4. The lowest BCUT2D eigenvalue weighted by atomic mass is 10.1. The highest BCUT2D eigenvalue weighted by molar-refractivity contribution is 5.90. The Hall–Kier alpha value is -2.93. The second-order valence-corrected chi connectivity index (χ2v) is 6.94. The van der Waals surface area contributed by atoms with Crippen molar-refractivity contribution >= 4 is 5.97 Å². The van der Waals surface area contributed by atoms with Crippen molar-refractivity contribution in [2.75, 3.05) is 6.61 Å². The maximum absolute atomic E-state index is 12.4. The van der Waals surface area contributed by atoms with Gasteiger partial charge in [-0.2, -0.15) is 10.2 Å². The van der Waals surface area contributed by atoms with Gasteiger partial charge in [0.25, 0.3) is 0 Å². The second kappa shape index (κ2) is 8.39. The van der Waals surface area contributed by atoms with Gasteiger partial charge in [0, 0.05) is 31.9 Å². The van der Waals surface area contributed by atoms with Gasteiger partial charge in [0.15, 0.2) is 0 Å². The average Bonchev–Trinajstić information content (AvgIpc) is 3.18. The number of hydrogen-bond donors (Lipinski definition) is 1. The fourth-order valence-electron chi connectivity index (χ4n) is 3.31. The average molecular weight is 381 g/mol. The summed E-state index contributed by atoms with van der Waals surface area (Å²) in [7, 11) is 1.91. The molecular formula is C21H27N5O2. The predicted octanol–water partition coefficient (Wildman–Crippen LogP) is 3.00. The standard InChI is InChI=1S/C21H27N5O2/c1-6-28-21(27)18-11-23-26(19-8-7-14(2)9-15(19)3)20(18)12-22-10-17-13-25(5)24-16(17)4/h7-9,11,13,22H,6,10,12H2,1-5H3. The van der Waals surface area contributed by atoms with E-state index in [1.807, 2.05) is 43.9 Å². The highest BCUT2D eigenvalue weighted by atomic mass is 16.5. The third-order valence-corrected chi connectivity index (χ3v) is 4.67. The van der Waals surface area contributed by atoms with Crippen molar-refractivity contribution in [3.05, 3.63) is 64.2 Å². The number of esters is 1. The van der Waals surface area contributed by atoms with Crippen LogP contribution in [0.3, 0.4) is 0 Å². The number of ether oxygens (including phenoxy) is 1. The zero-order valence-corrected chi connectivity index (χ0v) is 17.1. The lowest BCUT2D eigenvalue weighted by Gasteiger charge is -2.13. The molecule has 3 aromatic rings. The van der Waals surface area contributed by atoms with Gasteiger partial charge in [-0.25, -0.2) is 9.48 Å². The molecule has 0 bridgehead atoms. The maximum Gasteiger partial charge on any atom is 0.341 e. The van der Waals surface area contributed by atoms with Gasteiger partial charge in [-0.3, -0.25) is 4.68 Å². The first-order valence-corrected chi connectivity index (χ1v) is 9.42. The quantitative estimate of drug-likeness (QED) is 0.637. The molecule has 0 amide bonds. The fourth-order valence-corrected chi connectivity index (χ4v) is 3.31. The summed E-state index contributed by atoms with van der Waals surface area (Å²) in [6, 6.07) is 6.18. The predicted molar refractivity (Wildman–Crippen MR) is 107 cm³/mol. The van der Waals surface area contributed by atoms with E-state index in [-0.39, 0.29) is 5.97 Å². The number of nitrogens with one attached hydrogen (secondary N) is 1. The van der Waals surface area contributed by atoms with Gasteiger partial charge in [-0.15, -0.1) is 0 Å². The minimum atomic E-state index is -0.354. The molecule has 0 fully saturated rings. The van der Waals surface area contributed by atoms with Crippen LogP contribution in [0.4, 0.5) is 0 Å². The first-order chi connectivity index (χ1) is 13.4. The minimum Gasteiger partial charge on any atom is -0.462 e. The topological polar surface area (TPSA) is 74.0 Å². The van der Waals surface area contributed by atoms with Crippen molar-refractivity contribution in [1.82, 2.24) is 24.9 Å². The normalized spacial score (nSPS) is 11.0. The number of aryl methyl sites for hydroxylation is 4.